The summed E-state index contributed by atoms with van der Waals surface area (Å²) in [5.74, 6) is -4.01. The molecule has 11 atom stereocenters. The number of ketones is 2. The molecule has 4 aliphatic heterocycles. The number of sulfonamides is 1. The molecule has 0 aromatic rings. The fourth-order valence-electron chi connectivity index (χ4n) is 12.8. The van der Waals surface area contributed by atoms with Gasteiger partial charge in [-0.05, 0) is 65.6 Å². The van der Waals surface area contributed by atoms with Crippen molar-refractivity contribution in [2.45, 2.75) is 206 Å². The van der Waals surface area contributed by atoms with Gasteiger partial charge in [0.05, 0.1) is 24.4 Å². The lowest BCUT2D eigenvalue weighted by molar-refractivity contribution is -0.144. The molecule has 84 heavy (non-hydrogen) atoms. The Morgan fingerprint density at radius 1 is 0.690 bits per heavy atom. The quantitative estimate of drug-likeness (QED) is 0.0741. The summed E-state index contributed by atoms with van der Waals surface area (Å²) in [5.41, 5.74) is 5.51. The molecule has 0 spiro atoms. The molecular formula is C60H100N10O13S. The number of carboxylic acid groups (broad SMARTS) is 1. The van der Waals surface area contributed by atoms with E-state index in [2.05, 4.69) is 72.8 Å². The van der Waals surface area contributed by atoms with Crippen molar-refractivity contribution in [1.29, 1.82) is 0 Å². The Morgan fingerprint density at radius 2 is 1.06 bits per heavy atom. The fourth-order valence-corrected chi connectivity index (χ4v) is 13.2. The second-order valence-corrected chi connectivity index (χ2v) is 28.2. The number of carbonyl (C=O) groups excluding carboxylic acids is 9. The fraction of sp³-hybridized carbons (Fsp3) is 0.767. The van der Waals surface area contributed by atoms with E-state index < -0.39 is 93.1 Å². The van der Waals surface area contributed by atoms with E-state index in [0.29, 0.717) is 51.6 Å². The van der Waals surface area contributed by atoms with Gasteiger partial charge in [0.2, 0.25) is 45.2 Å². The van der Waals surface area contributed by atoms with Crippen molar-refractivity contribution in [2.24, 2.45) is 45.7 Å². The summed E-state index contributed by atoms with van der Waals surface area (Å²) in [6, 6.07) is -6.10. The summed E-state index contributed by atoms with van der Waals surface area (Å²) in [5, 5.41) is 23.4. The molecule has 6 rings (SSSR count). The standard InChI is InChI=1S/C34H58N6O7S.C25H40N4O4.CH2O2/c1-9-19-35-30(43)28(41)23-17-15-13-11-10-12-14-16-18-24(31(44)40-20-22-26(34(22,5)6)27(40)29(42)36-23)37-32(45)38-25(33(2,3)4)21-39(7)48(8,46)47;1-4-14-27-23(32)21(30)18-13-11-9-7-5-6-8-10-12-17(26)24(33)29-15-16-19(25(16,2)3)20(29)22(31)28-18;2-1-3/h9,22-27H,1,10-21H2,2-8H3,(H,35,43)(H,36,42)(H2,37,38,45);4,16-20H,1,5-15,26H2,2-3H3,(H,27,32)(H,28,31);1H,(H,2,3)/t22-,23-,24-,25+,26-,27-;16-,17-,18-,19-,20-;/m00./s1. The van der Waals surface area contributed by atoms with Crippen LogP contribution in [0, 0.1) is 39.9 Å². The third kappa shape index (κ3) is 19.1. The van der Waals surface area contributed by atoms with Crippen molar-refractivity contribution in [3.8, 4) is 0 Å². The third-order valence-corrected chi connectivity index (χ3v) is 19.6. The van der Waals surface area contributed by atoms with Gasteiger partial charge >= 0.3 is 6.03 Å². The van der Waals surface area contributed by atoms with Crippen molar-refractivity contribution < 1.29 is 61.5 Å². The number of fused-ring (bicyclic) bond motifs is 6. The molecular weight excluding hydrogens is 1100 g/mol. The maximum Gasteiger partial charge on any atom is 0.315 e. The van der Waals surface area contributed by atoms with E-state index in [0.717, 1.165) is 83.3 Å². The summed E-state index contributed by atoms with van der Waals surface area (Å²) in [6.07, 6.45) is 18.6. The monoisotopic (exact) mass is 1200 g/mol. The Kier molecular flexibility index (Phi) is 26.6. The number of nitrogens with one attached hydrogen (secondary N) is 6. The zero-order valence-corrected chi connectivity index (χ0v) is 52.3. The average Bonchev–Trinajstić information content (AvgIpc) is 1.55. The van der Waals surface area contributed by atoms with Gasteiger partial charge in [0.25, 0.3) is 18.3 Å². The van der Waals surface area contributed by atoms with Gasteiger partial charge < -0.3 is 52.5 Å². The van der Waals surface area contributed by atoms with Crippen LogP contribution in [0.15, 0.2) is 25.3 Å². The van der Waals surface area contributed by atoms with E-state index in [4.69, 9.17) is 15.6 Å². The lowest BCUT2D eigenvalue weighted by Crippen LogP contribution is -2.60. The van der Waals surface area contributed by atoms with Crippen LogP contribution >= 0.6 is 0 Å². The molecule has 474 valence electrons. The first-order valence-electron chi connectivity index (χ1n) is 30.3. The molecule has 9 N–H and O–H groups in total. The second-order valence-electron chi connectivity index (χ2n) is 26.1. The molecule has 0 aromatic carbocycles. The van der Waals surface area contributed by atoms with E-state index in [1.165, 1.54) is 23.5 Å². The second kappa shape index (κ2) is 31.6. The predicted molar refractivity (Wildman–Crippen MR) is 319 cm³/mol. The number of hydrogen-bond acceptors (Lipinski definition) is 13. The third-order valence-electron chi connectivity index (χ3n) is 18.3. The molecule has 4 heterocycles. The Labute approximate surface area is 498 Å². The van der Waals surface area contributed by atoms with Crippen molar-refractivity contribution in [3.05, 3.63) is 25.3 Å². The molecule has 2 saturated carbocycles. The number of carbonyl (C=O) groups is 10. The van der Waals surface area contributed by atoms with Crippen molar-refractivity contribution in [2.75, 3.05) is 46.0 Å². The van der Waals surface area contributed by atoms with Gasteiger partial charge in [-0.1, -0.05) is 151 Å². The van der Waals surface area contributed by atoms with Gasteiger partial charge in [-0.3, -0.25) is 43.2 Å². The van der Waals surface area contributed by atoms with Crippen molar-refractivity contribution in [3.63, 3.8) is 0 Å². The van der Waals surface area contributed by atoms with E-state index in [9.17, 15) is 51.6 Å². The highest BCUT2D eigenvalue weighted by Gasteiger charge is 2.71. The molecule has 2 aliphatic carbocycles. The summed E-state index contributed by atoms with van der Waals surface area (Å²) < 4.78 is 25.4. The number of nitrogens with two attached hydrogens (primary N) is 1. The highest BCUT2D eigenvalue weighted by molar-refractivity contribution is 7.88. The molecule has 6 fully saturated rings. The Hall–Kier alpha value is -5.75. The van der Waals surface area contributed by atoms with E-state index >= 15 is 0 Å². The van der Waals surface area contributed by atoms with Crippen LogP contribution in [0.5, 0.6) is 0 Å². The van der Waals surface area contributed by atoms with Crippen LogP contribution in [-0.4, -0.2) is 175 Å². The Morgan fingerprint density at radius 3 is 1.44 bits per heavy atom. The molecule has 8 amide bonds. The molecule has 0 aromatic heterocycles. The normalized spacial score (nSPS) is 28.8. The van der Waals surface area contributed by atoms with Crippen molar-refractivity contribution in [1.82, 2.24) is 46.0 Å². The maximum absolute atomic E-state index is 14.3. The van der Waals surface area contributed by atoms with Gasteiger partial charge in [-0.25, -0.2) is 17.5 Å². The van der Waals surface area contributed by atoms with Crippen LogP contribution in [0.1, 0.15) is 164 Å². The van der Waals surface area contributed by atoms with Gasteiger partial charge in [0.1, 0.15) is 18.1 Å². The van der Waals surface area contributed by atoms with E-state index in [1.54, 1.807) is 9.80 Å². The number of rotatable bonds is 13. The molecule has 6 aliphatic rings. The van der Waals surface area contributed by atoms with Crippen LogP contribution in [0.4, 0.5) is 4.79 Å². The predicted octanol–water partition coefficient (Wildman–Crippen LogP) is 3.70. The minimum atomic E-state index is -3.49. The van der Waals surface area contributed by atoms with Crippen LogP contribution in [0.25, 0.3) is 0 Å². The number of Topliss-reactive ketones (excluding diaryl/α,β-unsaturated/α-hetero) is 2. The van der Waals surface area contributed by atoms with Gasteiger partial charge in [0.15, 0.2) is 0 Å². The largest absolute Gasteiger partial charge is 0.483 e. The lowest BCUT2D eigenvalue weighted by Gasteiger charge is -2.36. The molecule has 23 nitrogen and oxygen atoms in total. The maximum atomic E-state index is 14.3. The molecule has 0 unspecified atom stereocenters. The SMILES string of the molecule is C=CCNC(=O)C(=O)[C@@H]1CCCCCCCCC[C@H](N)C(=O)N2C[C@H]3[C@@H]([C@H]2C(=O)N1)C3(C)C.C=CCNC(=O)C(=O)[C@@H]1CCCCCCCCC[C@H](NC(=O)N[C@H](CN(C)S(C)(=O)=O)C(C)(C)C)C(=O)N2C[C@H]3[C@@H]([C@H]2C(=O)N1)C3(C)C.O=CO. The van der Waals surface area contributed by atoms with Crippen LogP contribution in [-0.2, 0) is 53.2 Å². The lowest BCUT2D eigenvalue weighted by atomic mass is 9.86. The molecule has 0 bridgehead atoms. The Bertz CT molecular complexity index is 2480. The molecule has 24 heteroatoms. The van der Waals surface area contributed by atoms with Crippen LogP contribution in [0.3, 0.4) is 0 Å². The van der Waals surface area contributed by atoms with Gasteiger partial charge in [-0.2, -0.15) is 0 Å². The summed E-state index contributed by atoms with van der Waals surface area (Å²) >= 11 is 0. The molecule has 4 saturated heterocycles. The first-order valence-corrected chi connectivity index (χ1v) is 32.2. The summed E-state index contributed by atoms with van der Waals surface area (Å²) in [4.78, 5) is 131. The number of urea groups is 1. The number of amides is 8. The number of likely N-dealkylation sites (N-methyl/N-ethyl adjacent to an activating group) is 1. The van der Waals surface area contributed by atoms with E-state index in [1.807, 2.05) is 20.8 Å². The van der Waals surface area contributed by atoms with Gasteiger partial charge in [0, 0.05) is 45.8 Å². The minimum Gasteiger partial charge on any atom is -0.483 e. The number of piperidine rings is 2. The number of hydrogen-bond donors (Lipinski definition) is 8. The topological polar surface area (TPSA) is 333 Å². The van der Waals surface area contributed by atoms with Crippen molar-refractivity contribution >= 4 is 69.5 Å². The minimum absolute atomic E-state index is 0.0371. The first-order chi connectivity index (χ1) is 39.4. The summed E-state index contributed by atoms with van der Waals surface area (Å²) in [6.45, 7) is 22.1. The zero-order chi connectivity index (χ0) is 62.9. The van der Waals surface area contributed by atoms with Gasteiger partial charge in [-0.15, -0.1) is 13.2 Å². The average molecular weight is 1200 g/mol. The van der Waals surface area contributed by atoms with Crippen LogP contribution < -0.4 is 37.6 Å². The van der Waals surface area contributed by atoms with E-state index in [-0.39, 0.29) is 78.3 Å². The smallest absolute Gasteiger partial charge is 0.315 e. The summed E-state index contributed by atoms with van der Waals surface area (Å²) in [7, 11) is -2.04. The molecule has 0 radical (unpaired) electrons. The Balaban J connectivity index is 0.000000365. The number of nitrogens with zero attached hydrogens (tertiary/aromatic N) is 3. The highest BCUT2D eigenvalue weighted by Crippen LogP contribution is 2.66. The van der Waals surface area contributed by atoms with Crippen LogP contribution in [0.2, 0.25) is 0 Å². The first kappa shape index (κ1) is 70.7. The highest BCUT2D eigenvalue weighted by atomic mass is 32.2. The zero-order valence-electron chi connectivity index (χ0n) is 51.4.